The van der Waals surface area contributed by atoms with Gasteiger partial charge in [0.1, 0.15) is 0 Å². The average molecular weight is 320 g/mol. The number of unbranched alkanes of at least 4 members (excludes halogenated alkanes) is 1. The van der Waals surface area contributed by atoms with Gasteiger partial charge in [-0.1, -0.05) is 32.4 Å². The fraction of sp³-hybridized carbons (Fsp3) is 0.471. The minimum atomic E-state index is -0.806. The van der Waals surface area contributed by atoms with Crippen LogP contribution in [-0.4, -0.2) is 30.4 Å². The van der Waals surface area contributed by atoms with E-state index < -0.39 is 17.8 Å². The van der Waals surface area contributed by atoms with Crippen LogP contribution in [-0.2, 0) is 14.3 Å². The summed E-state index contributed by atoms with van der Waals surface area (Å²) in [5.74, 6) is -2.05. The van der Waals surface area contributed by atoms with Crippen molar-refractivity contribution in [1.82, 2.24) is 5.32 Å². The molecule has 0 saturated heterocycles. The smallest absolute Gasteiger partial charge is 0.340 e. The summed E-state index contributed by atoms with van der Waals surface area (Å²) < 4.78 is 5.14. The van der Waals surface area contributed by atoms with Crippen molar-refractivity contribution < 1.29 is 19.1 Å². The van der Waals surface area contributed by atoms with Crippen molar-refractivity contribution in [3.8, 4) is 0 Å². The zero-order chi connectivity index (χ0) is 17.2. The second kappa shape index (κ2) is 9.61. The molecule has 0 radical (unpaired) electrons. The number of anilines is 1. The summed E-state index contributed by atoms with van der Waals surface area (Å²) >= 11 is 0. The molecule has 0 heterocycles. The van der Waals surface area contributed by atoms with Gasteiger partial charge in [0.05, 0.1) is 17.9 Å². The van der Waals surface area contributed by atoms with Crippen LogP contribution in [0, 0.1) is 0 Å². The number of hydrogen-bond donors (Lipinski definition) is 2. The molecule has 0 fully saturated rings. The van der Waals surface area contributed by atoms with Crippen molar-refractivity contribution in [2.24, 2.45) is 0 Å². The lowest BCUT2D eigenvalue weighted by Gasteiger charge is -2.13. The Labute approximate surface area is 136 Å². The molecular formula is C17H24N2O4. The van der Waals surface area contributed by atoms with E-state index >= 15 is 0 Å². The van der Waals surface area contributed by atoms with Gasteiger partial charge in [0.25, 0.3) is 0 Å². The predicted molar refractivity (Wildman–Crippen MR) is 88.2 cm³/mol. The molecule has 0 saturated carbocycles. The van der Waals surface area contributed by atoms with Crippen molar-refractivity contribution in [2.75, 3.05) is 11.9 Å². The van der Waals surface area contributed by atoms with Crippen LogP contribution in [0.3, 0.4) is 0 Å². The monoisotopic (exact) mass is 320 g/mol. The summed E-state index contributed by atoms with van der Waals surface area (Å²) in [6.45, 7) is 6.04. The Hall–Kier alpha value is -2.37. The Morgan fingerprint density at radius 2 is 1.83 bits per heavy atom. The molecule has 1 aromatic carbocycles. The molecule has 2 N–H and O–H groups in total. The highest BCUT2D eigenvalue weighted by molar-refractivity contribution is 6.40. The van der Waals surface area contributed by atoms with Crippen molar-refractivity contribution in [2.45, 2.75) is 46.1 Å². The quantitative estimate of drug-likeness (QED) is 0.459. The number of hydrogen-bond acceptors (Lipinski definition) is 4. The van der Waals surface area contributed by atoms with Crippen LogP contribution in [0.1, 0.15) is 50.4 Å². The van der Waals surface area contributed by atoms with Gasteiger partial charge in [0.15, 0.2) is 0 Å². The van der Waals surface area contributed by atoms with Crippen LogP contribution in [0.2, 0.25) is 0 Å². The SMILES string of the molecule is CCCCOC(=O)c1ccccc1NC(=O)C(=O)NC(C)CC. The first-order chi connectivity index (χ1) is 11.0. The Morgan fingerprint density at radius 1 is 1.13 bits per heavy atom. The molecule has 1 aromatic rings. The van der Waals surface area contributed by atoms with Gasteiger partial charge >= 0.3 is 17.8 Å². The largest absolute Gasteiger partial charge is 0.462 e. The van der Waals surface area contributed by atoms with E-state index in [0.29, 0.717) is 6.61 Å². The maximum Gasteiger partial charge on any atom is 0.340 e. The maximum atomic E-state index is 12.0. The molecule has 0 aliphatic rings. The first-order valence-corrected chi connectivity index (χ1v) is 7.87. The van der Waals surface area contributed by atoms with Gasteiger partial charge < -0.3 is 15.4 Å². The molecule has 1 rings (SSSR count). The van der Waals surface area contributed by atoms with Crippen molar-refractivity contribution in [3.63, 3.8) is 0 Å². The number of carbonyl (C=O) groups is 3. The van der Waals surface area contributed by atoms with E-state index in [1.165, 1.54) is 0 Å². The molecule has 0 aromatic heterocycles. The zero-order valence-electron chi connectivity index (χ0n) is 13.8. The lowest BCUT2D eigenvalue weighted by Crippen LogP contribution is -2.40. The number of esters is 1. The Balaban J connectivity index is 2.75. The fourth-order valence-electron chi connectivity index (χ4n) is 1.73. The van der Waals surface area contributed by atoms with Crippen LogP contribution in [0.5, 0.6) is 0 Å². The standard InChI is InChI=1S/C17H24N2O4/c1-4-6-11-23-17(22)13-9-7-8-10-14(13)19-16(21)15(20)18-12(3)5-2/h7-10,12H,4-6,11H2,1-3H3,(H,18,20)(H,19,21). The van der Waals surface area contributed by atoms with Crippen molar-refractivity contribution in [3.05, 3.63) is 29.8 Å². The highest BCUT2D eigenvalue weighted by Crippen LogP contribution is 2.16. The summed E-state index contributed by atoms with van der Waals surface area (Å²) in [6.07, 6.45) is 2.42. The first kappa shape index (κ1) is 18.7. The summed E-state index contributed by atoms with van der Waals surface area (Å²) in [4.78, 5) is 35.7. The highest BCUT2D eigenvalue weighted by Gasteiger charge is 2.19. The molecule has 23 heavy (non-hydrogen) atoms. The van der Waals surface area contributed by atoms with Gasteiger partial charge in [0.2, 0.25) is 0 Å². The van der Waals surface area contributed by atoms with Gasteiger partial charge in [-0.05, 0) is 31.9 Å². The minimum Gasteiger partial charge on any atom is -0.462 e. The third-order valence-corrected chi connectivity index (χ3v) is 3.32. The number of carbonyl (C=O) groups excluding carboxylic acids is 3. The van der Waals surface area contributed by atoms with Gasteiger partial charge in [-0.25, -0.2) is 4.79 Å². The van der Waals surface area contributed by atoms with Gasteiger partial charge in [0, 0.05) is 6.04 Å². The summed E-state index contributed by atoms with van der Waals surface area (Å²) in [5.41, 5.74) is 0.492. The third-order valence-electron chi connectivity index (χ3n) is 3.32. The molecule has 1 unspecified atom stereocenters. The molecule has 0 bridgehead atoms. The molecule has 6 nitrogen and oxygen atoms in total. The van der Waals surface area contributed by atoms with Crippen LogP contribution in [0.4, 0.5) is 5.69 Å². The average Bonchev–Trinajstić information content (AvgIpc) is 2.55. The van der Waals surface area contributed by atoms with Crippen LogP contribution < -0.4 is 10.6 Å². The summed E-state index contributed by atoms with van der Waals surface area (Å²) in [5, 5.41) is 5.03. The van der Waals surface area contributed by atoms with Crippen LogP contribution >= 0.6 is 0 Å². The molecule has 2 amide bonds. The lowest BCUT2D eigenvalue weighted by atomic mass is 10.1. The zero-order valence-corrected chi connectivity index (χ0v) is 13.8. The second-order valence-corrected chi connectivity index (χ2v) is 5.27. The highest BCUT2D eigenvalue weighted by atomic mass is 16.5. The lowest BCUT2D eigenvalue weighted by molar-refractivity contribution is -0.136. The number of nitrogens with one attached hydrogen (secondary N) is 2. The summed E-state index contributed by atoms with van der Waals surface area (Å²) in [7, 11) is 0. The van der Waals surface area contributed by atoms with Crippen molar-refractivity contribution >= 4 is 23.5 Å². The number of ether oxygens (including phenoxy) is 1. The number of para-hydroxylation sites is 1. The molecular weight excluding hydrogens is 296 g/mol. The van der Waals surface area contributed by atoms with Gasteiger partial charge in [-0.15, -0.1) is 0 Å². The summed E-state index contributed by atoms with van der Waals surface area (Å²) in [6, 6.07) is 6.36. The van der Waals surface area contributed by atoms with Crippen LogP contribution in [0.25, 0.3) is 0 Å². The van der Waals surface area contributed by atoms with E-state index in [0.717, 1.165) is 19.3 Å². The Kier molecular flexibility index (Phi) is 7.80. The topological polar surface area (TPSA) is 84.5 Å². The van der Waals surface area contributed by atoms with E-state index in [1.807, 2.05) is 20.8 Å². The van der Waals surface area contributed by atoms with Crippen molar-refractivity contribution in [1.29, 1.82) is 0 Å². The minimum absolute atomic E-state index is 0.0949. The van der Waals surface area contributed by atoms with E-state index in [4.69, 9.17) is 4.74 Å². The molecule has 6 heteroatoms. The predicted octanol–water partition coefficient (Wildman–Crippen LogP) is 2.50. The van der Waals surface area contributed by atoms with E-state index in [-0.39, 0.29) is 17.3 Å². The Bertz CT molecular complexity index is 557. The molecule has 0 aliphatic heterocycles. The molecule has 126 valence electrons. The normalized spacial score (nSPS) is 11.4. The van der Waals surface area contributed by atoms with Gasteiger partial charge in [-0.3, -0.25) is 9.59 Å². The van der Waals surface area contributed by atoms with Gasteiger partial charge in [-0.2, -0.15) is 0 Å². The number of amides is 2. The fourth-order valence-corrected chi connectivity index (χ4v) is 1.73. The number of benzene rings is 1. The second-order valence-electron chi connectivity index (χ2n) is 5.27. The van der Waals surface area contributed by atoms with E-state index in [9.17, 15) is 14.4 Å². The first-order valence-electron chi connectivity index (χ1n) is 7.87. The molecule has 0 aliphatic carbocycles. The third kappa shape index (κ3) is 6.10. The maximum absolute atomic E-state index is 12.0. The Morgan fingerprint density at radius 3 is 2.48 bits per heavy atom. The molecule has 0 spiro atoms. The molecule has 1 atom stereocenters. The van der Waals surface area contributed by atoms with Crippen LogP contribution in [0.15, 0.2) is 24.3 Å². The van der Waals surface area contributed by atoms with E-state index in [1.54, 1.807) is 24.3 Å². The van der Waals surface area contributed by atoms with E-state index in [2.05, 4.69) is 10.6 Å². The number of rotatable bonds is 7.